The van der Waals surface area contributed by atoms with Crippen LogP contribution in [-0.2, 0) is 11.2 Å². The predicted molar refractivity (Wildman–Crippen MR) is 135 cm³/mol. The van der Waals surface area contributed by atoms with Gasteiger partial charge >= 0.3 is 0 Å². The van der Waals surface area contributed by atoms with Gasteiger partial charge in [-0.3, -0.25) is 0 Å². The van der Waals surface area contributed by atoms with E-state index in [2.05, 4.69) is 39.8 Å². The molecule has 0 spiro atoms. The Morgan fingerprint density at radius 1 is 0.941 bits per heavy atom. The van der Waals surface area contributed by atoms with Crippen LogP contribution in [0.25, 0.3) is 22.3 Å². The molecule has 2 aromatic carbocycles. The van der Waals surface area contributed by atoms with E-state index >= 15 is 0 Å². The lowest BCUT2D eigenvalue weighted by atomic mass is 10.0. The summed E-state index contributed by atoms with van der Waals surface area (Å²) in [5.41, 5.74) is 13.2. The zero-order valence-electron chi connectivity index (χ0n) is 19.4. The zero-order chi connectivity index (χ0) is 22.9. The molecule has 6 rings (SSSR count). The van der Waals surface area contributed by atoms with E-state index < -0.39 is 0 Å². The summed E-state index contributed by atoms with van der Waals surface area (Å²) in [5, 5.41) is 0. The van der Waals surface area contributed by atoms with Gasteiger partial charge in [-0.2, -0.15) is 4.98 Å². The number of nitrogen functional groups attached to an aromatic ring is 1. The SMILES string of the molecule is Nc1ccccc1-c1ccc(Cc2nc(N3CCOCC3)nc3c2ncn3C2CCCC2)cc1. The van der Waals surface area contributed by atoms with Gasteiger partial charge in [0, 0.05) is 36.8 Å². The van der Waals surface area contributed by atoms with Gasteiger partial charge in [-0.15, -0.1) is 0 Å². The number of hydrogen-bond donors (Lipinski definition) is 1. The number of ether oxygens (including phenoxy) is 1. The predicted octanol–water partition coefficient (Wildman–Crippen LogP) is 4.62. The lowest BCUT2D eigenvalue weighted by Gasteiger charge is -2.27. The van der Waals surface area contributed by atoms with E-state index in [-0.39, 0.29) is 0 Å². The molecule has 0 bridgehead atoms. The number of hydrogen-bond acceptors (Lipinski definition) is 6. The van der Waals surface area contributed by atoms with Crippen LogP contribution >= 0.6 is 0 Å². The molecule has 0 atom stereocenters. The molecule has 2 N–H and O–H groups in total. The summed E-state index contributed by atoms with van der Waals surface area (Å²) in [6, 6.07) is 17.1. The average Bonchev–Trinajstić information content (AvgIpc) is 3.56. The van der Waals surface area contributed by atoms with E-state index in [1.54, 1.807) is 0 Å². The molecule has 1 aliphatic heterocycles. The first-order chi connectivity index (χ1) is 16.8. The fraction of sp³-hybridized carbons (Fsp3) is 0.370. The van der Waals surface area contributed by atoms with Gasteiger partial charge < -0.3 is 19.9 Å². The number of morpholine rings is 1. The second-order valence-corrected chi connectivity index (χ2v) is 9.29. The van der Waals surface area contributed by atoms with E-state index in [0.29, 0.717) is 25.7 Å². The second kappa shape index (κ2) is 9.06. The van der Waals surface area contributed by atoms with Gasteiger partial charge in [0.25, 0.3) is 0 Å². The van der Waals surface area contributed by atoms with Crippen molar-refractivity contribution in [2.45, 2.75) is 38.1 Å². The minimum absolute atomic E-state index is 0.487. The van der Waals surface area contributed by atoms with Crippen LogP contribution in [0.2, 0.25) is 0 Å². The van der Waals surface area contributed by atoms with Crippen molar-refractivity contribution in [1.29, 1.82) is 0 Å². The van der Waals surface area contributed by atoms with E-state index in [1.807, 2.05) is 24.5 Å². The summed E-state index contributed by atoms with van der Waals surface area (Å²) in [4.78, 5) is 17.1. The fourth-order valence-corrected chi connectivity index (χ4v) is 5.20. The molecule has 1 saturated carbocycles. The van der Waals surface area contributed by atoms with Crippen LogP contribution in [0.5, 0.6) is 0 Å². The Hall–Kier alpha value is -3.45. The minimum Gasteiger partial charge on any atom is -0.398 e. The molecule has 1 aliphatic carbocycles. The standard InChI is InChI=1S/C27H30N6O/c28-23-8-4-3-7-22(23)20-11-9-19(10-12-20)17-24-25-26(33(18-29-25)21-5-1-2-6-21)31-27(30-24)32-13-15-34-16-14-32/h3-4,7-12,18,21H,1-2,5-6,13-17,28H2. The first-order valence-corrected chi connectivity index (χ1v) is 12.3. The lowest BCUT2D eigenvalue weighted by molar-refractivity contribution is 0.122. The van der Waals surface area contributed by atoms with Gasteiger partial charge in [-0.05, 0) is 30.0 Å². The van der Waals surface area contributed by atoms with E-state index in [1.165, 1.54) is 31.2 Å². The zero-order valence-corrected chi connectivity index (χ0v) is 19.4. The van der Waals surface area contributed by atoms with Crippen molar-refractivity contribution in [3.63, 3.8) is 0 Å². The van der Waals surface area contributed by atoms with Crippen molar-refractivity contribution in [3.8, 4) is 11.1 Å². The van der Waals surface area contributed by atoms with Crippen LogP contribution in [0.3, 0.4) is 0 Å². The quantitative estimate of drug-likeness (QED) is 0.443. The Balaban J connectivity index is 1.36. The first kappa shape index (κ1) is 21.1. The summed E-state index contributed by atoms with van der Waals surface area (Å²) in [7, 11) is 0. The molecule has 2 aliphatic rings. The van der Waals surface area contributed by atoms with Crippen LogP contribution < -0.4 is 10.6 Å². The van der Waals surface area contributed by atoms with Gasteiger partial charge in [-0.1, -0.05) is 55.3 Å². The second-order valence-electron chi connectivity index (χ2n) is 9.29. The Morgan fingerprint density at radius 2 is 1.71 bits per heavy atom. The van der Waals surface area contributed by atoms with Crippen molar-refractivity contribution in [2.24, 2.45) is 0 Å². The molecule has 4 aromatic rings. The molecule has 34 heavy (non-hydrogen) atoms. The van der Waals surface area contributed by atoms with Crippen molar-refractivity contribution in [3.05, 3.63) is 66.1 Å². The first-order valence-electron chi connectivity index (χ1n) is 12.3. The molecule has 174 valence electrons. The summed E-state index contributed by atoms with van der Waals surface area (Å²) >= 11 is 0. The van der Waals surface area contributed by atoms with Gasteiger partial charge in [0.1, 0.15) is 5.52 Å². The summed E-state index contributed by atoms with van der Waals surface area (Å²) in [5.74, 6) is 0.791. The summed E-state index contributed by atoms with van der Waals surface area (Å²) < 4.78 is 7.85. The maximum Gasteiger partial charge on any atom is 0.227 e. The Labute approximate surface area is 199 Å². The lowest BCUT2D eigenvalue weighted by Crippen LogP contribution is -2.37. The maximum atomic E-state index is 6.18. The highest BCUT2D eigenvalue weighted by Crippen LogP contribution is 2.33. The molecule has 2 fully saturated rings. The van der Waals surface area contributed by atoms with Crippen LogP contribution in [0.4, 0.5) is 11.6 Å². The normalized spacial score (nSPS) is 17.0. The molecule has 0 radical (unpaired) electrons. The third-order valence-corrected chi connectivity index (χ3v) is 7.09. The van der Waals surface area contributed by atoms with E-state index in [9.17, 15) is 0 Å². The van der Waals surface area contributed by atoms with Crippen LogP contribution in [0.1, 0.15) is 43.0 Å². The minimum atomic E-state index is 0.487. The van der Waals surface area contributed by atoms with Crippen molar-refractivity contribution >= 4 is 22.8 Å². The third-order valence-electron chi connectivity index (χ3n) is 7.09. The van der Waals surface area contributed by atoms with E-state index in [4.69, 9.17) is 25.4 Å². The average molecular weight is 455 g/mol. The number of rotatable bonds is 5. The van der Waals surface area contributed by atoms with Crippen LogP contribution in [0, 0.1) is 0 Å². The maximum absolute atomic E-state index is 6.18. The van der Waals surface area contributed by atoms with Crippen molar-refractivity contribution in [2.75, 3.05) is 36.9 Å². The third kappa shape index (κ3) is 4.01. The monoisotopic (exact) mass is 454 g/mol. The molecular formula is C27H30N6O. The molecular weight excluding hydrogens is 424 g/mol. The molecule has 2 aromatic heterocycles. The molecule has 7 nitrogen and oxygen atoms in total. The topological polar surface area (TPSA) is 82.1 Å². The smallest absolute Gasteiger partial charge is 0.227 e. The highest BCUT2D eigenvalue weighted by atomic mass is 16.5. The summed E-state index contributed by atoms with van der Waals surface area (Å²) in [6.45, 7) is 3.05. The Kier molecular flexibility index (Phi) is 5.63. The molecule has 1 saturated heterocycles. The Bertz CT molecular complexity index is 1290. The number of benzene rings is 2. The fourth-order valence-electron chi connectivity index (χ4n) is 5.20. The van der Waals surface area contributed by atoms with Gasteiger partial charge in [0.2, 0.25) is 5.95 Å². The van der Waals surface area contributed by atoms with E-state index in [0.717, 1.165) is 52.7 Å². The van der Waals surface area contributed by atoms with Crippen LogP contribution in [-0.4, -0.2) is 45.8 Å². The number of fused-ring (bicyclic) bond motifs is 1. The molecule has 0 amide bonds. The number of nitrogens with two attached hydrogens (primary N) is 1. The number of imidazole rings is 1. The van der Waals surface area contributed by atoms with Crippen LogP contribution in [0.15, 0.2) is 54.9 Å². The van der Waals surface area contributed by atoms with Gasteiger partial charge in [0.15, 0.2) is 5.65 Å². The highest BCUT2D eigenvalue weighted by Gasteiger charge is 2.23. The number of para-hydroxylation sites is 1. The van der Waals surface area contributed by atoms with Gasteiger partial charge in [0.05, 0.1) is 25.2 Å². The molecule has 3 heterocycles. The molecule has 0 unspecified atom stereocenters. The highest BCUT2D eigenvalue weighted by molar-refractivity contribution is 5.77. The molecule has 7 heteroatoms. The Morgan fingerprint density at radius 3 is 2.47 bits per heavy atom. The number of anilines is 2. The number of aromatic nitrogens is 4. The number of nitrogens with zero attached hydrogens (tertiary/aromatic N) is 5. The van der Waals surface area contributed by atoms with Crippen molar-refractivity contribution < 1.29 is 4.74 Å². The van der Waals surface area contributed by atoms with Gasteiger partial charge in [-0.25, -0.2) is 9.97 Å². The van der Waals surface area contributed by atoms with Crippen molar-refractivity contribution in [1.82, 2.24) is 19.5 Å². The summed E-state index contributed by atoms with van der Waals surface area (Å²) in [6.07, 6.45) is 7.63. The largest absolute Gasteiger partial charge is 0.398 e.